The normalized spacial score (nSPS) is 10.9. The summed E-state index contributed by atoms with van der Waals surface area (Å²) in [5.74, 6) is 0.927. The molecule has 2 aromatic rings. The van der Waals surface area contributed by atoms with E-state index in [4.69, 9.17) is 10.5 Å². The number of hydrogen-bond acceptors (Lipinski definition) is 4. The van der Waals surface area contributed by atoms with Crippen LogP contribution < -0.4 is 10.5 Å². The molecular weight excluding hydrogens is 276 g/mol. The Hall–Kier alpha value is -1.88. The van der Waals surface area contributed by atoms with Gasteiger partial charge in [-0.1, -0.05) is 24.3 Å². The second-order valence-corrected chi connectivity index (χ2v) is 5.44. The molecule has 2 rings (SSSR count). The summed E-state index contributed by atoms with van der Waals surface area (Å²) in [5.41, 5.74) is 9.06. The van der Waals surface area contributed by atoms with E-state index in [1.54, 1.807) is 0 Å². The van der Waals surface area contributed by atoms with Crippen LogP contribution in [0.1, 0.15) is 36.7 Å². The third kappa shape index (κ3) is 4.56. The van der Waals surface area contributed by atoms with Crippen molar-refractivity contribution in [1.82, 2.24) is 15.0 Å². The molecule has 0 amide bonds. The minimum Gasteiger partial charge on any atom is -0.494 e. The molecule has 22 heavy (non-hydrogen) atoms. The largest absolute Gasteiger partial charge is 0.494 e. The van der Waals surface area contributed by atoms with Crippen LogP contribution in [0.15, 0.2) is 24.3 Å². The Bertz CT molecular complexity index is 563. The van der Waals surface area contributed by atoms with Crippen LogP contribution in [0.25, 0.3) is 0 Å². The zero-order chi connectivity index (χ0) is 15.8. The topological polar surface area (TPSA) is 66.0 Å². The first-order chi connectivity index (χ1) is 10.7. The van der Waals surface area contributed by atoms with Crippen molar-refractivity contribution in [2.75, 3.05) is 13.2 Å². The first-order valence-corrected chi connectivity index (χ1v) is 8.05. The average Bonchev–Trinajstić information content (AvgIpc) is 2.90. The van der Waals surface area contributed by atoms with Crippen LogP contribution in [0.4, 0.5) is 0 Å². The van der Waals surface area contributed by atoms with E-state index in [0.29, 0.717) is 13.2 Å². The molecule has 0 bridgehead atoms. The van der Waals surface area contributed by atoms with Gasteiger partial charge in [-0.25, -0.2) is 4.68 Å². The van der Waals surface area contributed by atoms with Gasteiger partial charge in [0.25, 0.3) is 0 Å². The van der Waals surface area contributed by atoms with E-state index in [1.807, 2.05) is 16.8 Å². The number of benzene rings is 1. The third-order valence-corrected chi connectivity index (χ3v) is 3.81. The molecule has 0 atom stereocenters. The molecule has 5 heteroatoms. The van der Waals surface area contributed by atoms with Gasteiger partial charge in [-0.05, 0) is 50.4 Å². The van der Waals surface area contributed by atoms with Crippen LogP contribution in [0, 0.1) is 6.92 Å². The zero-order valence-corrected chi connectivity index (χ0v) is 13.6. The molecule has 1 heterocycles. The van der Waals surface area contributed by atoms with Gasteiger partial charge in [0, 0.05) is 13.0 Å². The summed E-state index contributed by atoms with van der Waals surface area (Å²) in [7, 11) is 0. The van der Waals surface area contributed by atoms with Gasteiger partial charge in [0.05, 0.1) is 18.0 Å². The Morgan fingerprint density at radius 2 is 1.95 bits per heavy atom. The van der Waals surface area contributed by atoms with Crippen molar-refractivity contribution in [2.45, 2.75) is 46.1 Å². The van der Waals surface area contributed by atoms with E-state index >= 15 is 0 Å². The molecule has 0 unspecified atom stereocenters. The Labute approximate surface area is 132 Å². The first-order valence-electron chi connectivity index (χ1n) is 8.05. The van der Waals surface area contributed by atoms with Crippen molar-refractivity contribution in [3.63, 3.8) is 0 Å². The van der Waals surface area contributed by atoms with E-state index in [-0.39, 0.29) is 0 Å². The summed E-state index contributed by atoms with van der Waals surface area (Å²) in [5, 5.41) is 8.43. The van der Waals surface area contributed by atoms with Gasteiger partial charge in [0.15, 0.2) is 0 Å². The van der Waals surface area contributed by atoms with Crippen molar-refractivity contribution in [2.24, 2.45) is 5.73 Å². The lowest BCUT2D eigenvalue weighted by atomic mass is 10.2. The standard InChI is InChI=1S/C17H26N4O/c1-3-15-7-9-16(10-8-15)22-13-5-12-21-14(2)17(19-20-21)6-4-11-18/h7-10H,3-6,11-13,18H2,1-2H3. The molecule has 0 aliphatic heterocycles. The second-order valence-electron chi connectivity index (χ2n) is 5.44. The van der Waals surface area contributed by atoms with Gasteiger partial charge in [-0.2, -0.15) is 0 Å². The number of hydrogen-bond donors (Lipinski definition) is 1. The van der Waals surface area contributed by atoms with Gasteiger partial charge >= 0.3 is 0 Å². The molecule has 1 aromatic carbocycles. The molecule has 0 spiro atoms. The summed E-state index contributed by atoms with van der Waals surface area (Å²) in [6.45, 7) is 6.42. The lowest BCUT2D eigenvalue weighted by Gasteiger charge is -2.07. The highest BCUT2D eigenvalue weighted by molar-refractivity contribution is 5.27. The monoisotopic (exact) mass is 302 g/mol. The molecule has 0 radical (unpaired) electrons. The van der Waals surface area contributed by atoms with E-state index in [2.05, 4.69) is 36.3 Å². The fourth-order valence-corrected chi connectivity index (χ4v) is 2.33. The number of rotatable bonds is 9. The number of ether oxygens (including phenoxy) is 1. The highest BCUT2D eigenvalue weighted by Gasteiger charge is 2.07. The van der Waals surface area contributed by atoms with Crippen LogP contribution in [0.5, 0.6) is 5.75 Å². The lowest BCUT2D eigenvalue weighted by Crippen LogP contribution is -2.08. The van der Waals surface area contributed by atoms with Crippen molar-refractivity contribution >= 4 is 0 Å². The number of nitrogens with zero attached hydrogens (tertiary/aromatic N) is 3. The van der Waals surface area contributed by atoms with E-state index in [0.717, 1.165) is 49.4 Å². The molecule has 0 aliphatic rings. The van der Waals surface area contributed by atoms with Crippen LogP contribution in [0.3, 0.4) is 0 Å². The lowest BCUT2D eigenvalue weighted by molar-refractivity contribution is 0.297. The molecule has 0 saturated heterocycles. The first kappa shape index (κ1) is 16.5. The molecule has 120 valence electrons. The molecule has 0 fully saturated rings. The maximum absolute atomic E-state index is 5.76. The fraction of sp³-hybridized carbons (Fsp3) is 0.529. The molecule has 2 N–H and O–H groups in total. The van der Waals surface area contributed by atoms with Crippen molar-refractivity contribution in [3.8, 4) is 5.75 Å². The Morgan fingerprint density at radius 1 is 1.18 bits per heavy atom. The van der Waals surface area contributed by atoms with Gasteiger partial charge in [0.1, 0.15) is 5.75 Å². The van der Waals surface area contributed by atoms with E-state index in [9.17, 15) is 0 Å². The summed E-state index contributed by atoms with van der Waals surface area (Å²) in [6, 6.07) is 8.29. The molecule has 0 saturated carbocycles. The van der Waals surface area contributed by atoms with Gasteiger partial charge < -0.3 is 10.5 Å². The maximum Gasteiger partial charge on any atom is 0.119 e. The van der Waals surface area contributed by atoms with Crippen molar-refractivity contribution in [1.29, 1.82) is 0 Å². The van der Waals surface area contributed by atoms with Crippen LogP contribution in [-0.4, -0.2) is 28.1 Å². The number of aryl methyl sites for hydroxylation is 3. The minimum absolute atomic E-state index is 0.683. The Balaban J connectivity index is 1.75. The predicted molar refractivity (Wildman–Crippen MR) is 88.1 cm³/mol. The Kier molecular flexibility index (Phi) is 6.40. The summed E-state index contributed by atoms with van der Waals surface area (Å²) < 4.78 is 7.71. The second kappa shape index (κ2) is 8.54. The quantitative estimate of drug-likeness (QED) is 0.723. The fourth-order valence-electron chi connectivity index (χ4n) is 2.33. The SMILES string of the molecule is CCc1ccc(OCCCn2nnc(CCCN)c2C)cc1. The molecule has 1 aromatic heterocycles. The van der Waals surface area contributed by atoms with Crippen LogP contribution in [0.2, 0.25) is 0 Å². The van der Waals surface area contributed by atoms with E-state index in [1.165, 1.54) is 5.56 Å². The third-order valence-electron chi connectivity index (χ3n) is 3.81. The van der Waals surface area contributed by atoms with Crippen LogP contribution in [-0.2, 0) is 19.4 Å². The zero-order valence-electron chi connectivity index (χ0n) is 13.6. The summed E-state index contributed by atoms with van der Waals surface area (Å²) >= 11 is 0. The molecule has 5 nitrogen and oxygen atoms in total. The van der Waals surface area contributed by atoms with Crippen LogP contribution >= 0.6 is 0 Å². The minimum atomic E-state index is 0.683. The molecule has 0 aliphatic carbocycles. The van der Waals surface area contributed by atoms with E-state index < -0.39 is 0 Å². The van der Waals surface area contributed by atoms with Crippen molar-refractivity contribution < 1.29 is 4.74 Å². The number of nitrogens with two attached hydrogens (primary N) is 1. The predicted octanol–water partition coefficient (Wildman–Crippen LogP) is 2.51. The van der Waals surface area contributed by atoms with Gasteiger partial charge in [0.2, 0.25) is 0 Å². The Morgan fingerprint density at radius 3 is 2.64 bits per heavy atom. The smallest absolute Gasteiger partial charge is 0.119 e. The highest BCUT2D eigenvalue weighted by Crippen LogP contribution is 2.13. The average molecular weight is 302 g/mol. The van der Waals surface area contributed by atoms with Crippen molar-refractivity contribution in [3.05, 3.63) is 41.2 Å². The number of aromatic nitrogens is 3. The van der Waals surface area contributed by atoms with Gasteiger partial charge in [-0.3, -0.25) is 0 Å². The summed E-state index contributed by atoms with van der Waals surface area (Å²) in [4.78, 5) is 0. The maximum atomic E-state index is 5.76. The highest BCUT2D eigenvalue weighted by atomic mass is 16.5. The van der Waals surface area contributed by atoms with Gasteiger partial charge in [-0.15, -0.1) is 5.10 Å². The molecular formula is C17H26N4O. The summed E-state index contributed by atoms with van der Waals surface area (Å²) in [6.07, 6.45) is 3.83.